The maximum absolute atomic E-state index is 13.1. The van der Waals surface area contributed by atoms with E-state index in [1.165, 1.54) is 0 Å². The zero-order valence-electron chi connectivity index (χ0n) is 17.7. The summed E-state index contributed by atoms with van der Waals surface area (Å²) in [7, 11) is -3.54. The average molecular weight is 419 g/mol. The third-order valence-electron chi connectivity index (χ3n) is 7.61. The minimum atomic E-state index is -3.54. The quantitative estimate of drug-likeness (QED) is 0.786. The number of rotatable bonds is 5. The van der Waals surface area contributed by atoms with Crippen molar-refractivity contribution in [2.75, 3.05) is 6.54 Å². The molecule has 1 aromatic carbocycles. The summed E-state index contributed by atoms with van der Waals surface area (Å²) in [5.41, 5.74) is 1.02. The Bertz CT molecular complexity index is 851. The van der Waals surface area contributed by atoms with E-state index in [1.807, 2.05) is 19.1 Å². The SMILES string of the molecule is CCC[C@H]1[C@@H](NS(=O)(=O)c2ccc(C)cc2)CC[C@@]23CCCN2C(=O)CCC[C@@H]13. The van der Waals surface area contributed by atoms with Gasteiger partial charge < -0.3 is 4.90 Å². The molecule has 4 atom stereocenters. The highest BCUT2D eigenvalue weighted by molar-refractivity contribution is 7.89. The van der Waals surface area contributed by atoms with Crippen LogP contribution in [0.15, 0.2) is 29.2 Å². The molecule has 2 aliphatic heterocycles. The van der Waals surface area contributed by atoms with E-state index in [0.717, 1.165) is 63.5 Å². The highest BCUT2D eigenvalue weighted by Crippen LogP contribution is 2.52. The Morgan fingerprint density at radius 2 is 1.90 bits per heavy atom. The molecule has 0 unspecified atom stereocenters. The van der Waals surface area contributed by atoms with Gasteiger partial charge in [-0.15, -0.1) is 0 Å². The molecule has 1 N–H and O–H groups in total. The van der Waals surface area contributed by atoms with Crippen molar-refractivity contribution in [3.8, 4) is 0 Å². The summed E-state index contributed by atoms with van der Waals surface area (Å²) < 4.78 is 29.3. The maximum atomic E-state index is 13.1. The van der Waals surface area contributed by atoms with Crippen LogP contribution in [-0.4, -0.2) is 37.4 Å². The molecule has 5 nitrogen and oxygen atoms in total. The van der Waals surface area contributed by atoms with Crippen LogP contribution in [0.2, 0.25) is 0 Å². The lowest BCUT2D eigenvalue weighted by molar-refractivity contribution is -0.138. The molecule has 2 saturated heterocycles. The van der Waals surface area contributed by atoms with Gasteiger partial charge in [0.15, 0.2) is 0 Å². The van der Waals surface area contributed by atoms with Crippen LogP contribution < -0.4 is 4.72 Å². The van der Waals surface area contributed by atoms with Gasteiger partial charge in [0.25, 0.3) is 0 Å². The van der Waals surface area contributed by atoms with Crippen molar-refractivity contribution in [1.82, 2.24) is 9.62 Å². The summed E-state index contributed by atoms with van der Waals surface area (Å²) in [4.78, 5) is 15.3. The first-order valence-corrected chi connectivity index (χ1v) is 12.8. The Balaban J connectivity index is 1.62. The van der Waals surface area contributed by atoms with Crippen LogP contribution in [0.3, 0.4) is 0 Å². The fraction of sp³-hybridized carbons (Fsp3) is 0.696. The van der Waals surface area contributed by atoms with Gasteiger partial charge in [-0.25, -0.2) is 13.1 Å². The Hall–Kier alpha value is -1.40. The number of nitrogens with zero attached hydrogens (tertiary/aromatic N) is 1. The monoisotopic (exact) mass is 418 g/mol. The number of aryl methyl sites for hydroxylation is 1. The molecule has 0 bridgehead atoms. The van der Waals surface area contributed by atoms with Gasteiger partial charge in [-0.3, -0.25) is 4.79 Å². The molecule has 1 saturated carbocycles. The summed E-state index contributed by atoms with van der Waals surface area (Å²) in [6.07, 6.45) is 8.57. The van der Waals surface area contributed by atoms with Crippen LogP contribution >= 0.6 is 0 Å². The standard InChI is InChI=1S/C23H34N2O3S/c1-3-6-19-20-7-4-8-22(26)25-16-5-14-23(20,25)15-13-21(19)24-29(27,28)18-11-9-17(2)10-12-18/h9-12,19-21,24H,3-8,13-16H2,1-2H3/t19-,20+,21+,23-/m1/s1. The van der Waals surface area contributed by atoms with E-state index >= 15 is 0 Å². The Labute approximate surface area is 175 Å². The molecule has 0 radical (unpaired) electrons. The van der Waals surface area contributed by atoms with Gasteiger partial charge in [0.1, 0.15) is 0 Å². The predicted octanol–water partition coefficient (Wildman–Crippen LogP) is 4.01. The molecule has 0 aromatic heterocycles. The molecule has 3 aliphatic rings. The van der Waals surface area contributed by atoms with Crippen LogP contribution in [0.25, 0.3) is 0 Å². The number of carbonyl (C=O) groups excluding carboxylic acids is 1. The second kappa shape index (κ2) is 8.03. The van der Waals surface area contributed by atoms with Crippen molar-refractivity contribution < 1.29 is 13.2 Å². The van der Waals surface area contributed by atoms with Crippen molar-refractivity contribution in [2.45, 2.75) is 88.1 Å². The molecule has 29 heavy (non-hydrogen) atoms. The molecule has 1 spiro atoms. The zero-order chi connectivity index (χ0) is 20.6. The van der Waals surface area contributed by atoms with E-state index in [2.05, 4.69) is 16.5 Å². The van der Waals surface area contributed by atoms with E-state index in [-0.39, 0.29) is 11.6 Å². The fourth-order valence-corrected chi connectivity index (χ4v) is 7.68. The van der Waals surface area contributed by atoms with Crippen LogP contribution in [0.4, 0.5) is 0 Å². The van der Waals surface area contributed by atoms with Crippen molar-refractivity contribution >= 4 is 15.9 Å². The second-order valence-corrected chi connectivity index (χ2v) is 11.0. The normalized spacial score (nSPS) is 32.6. The lowest BCUT2D eigenvalue weighted by atomic mass is 9.61. The van der Waals surface area contributed by atoms with Gasteiger partial charge >= 0.3 is 0 Å². The molecule has 4 rings (SSSR count). The van der Waals surface area contributed by atoms with Gasteiger partial charge in [-0.1, -0.05) is 31.0 Å². The first kappa shape index (κ1) is 20.9. The van der Waals surface area contributed by atoms with Crippen LogP contribution in [0.5, 0.6) is 0 Å². The van der Waals surface area contributed by atoms with E-state index in [9.17, 15) is 13.2 Å². The smallest absolute Gasteiger partial charge is 0.240 e. The number of nitrogens with one attached hydrogen (secondary N) is 1. The number of carbonyl (C=O) groups is 1. The zero-order valence-corrected chi connectivity index (χ0v) is 18.5. The molecule has 1 amide bonds. The molecular weight excluding hydrogens is 384 g/mol. The maximum Gasteiger partial charge on any atom is 0.240 e. The van der Waals surface area contributed by atoms with E-state index in [4.69, 9.17) is 0 Å². The third kappa shape index (κ3) is 3.74. The van der Waals surface area contributed by atoms with Gasteiger partial charge in [0, 0.05) is 24.5 Å². The van der Waals surface area contributed by atoms with Crippen molar-refractivity contribution in [3.05, 3.63) is 29.8 Å². The number of hydrogen-bond acceptors (Lipinski definition) is 3. The summed E-state index contributed by atoms with van der Waals surface area (Å²) in [5, 5.41) is 0. The molecule has 160 valence electrons. The number of hydrogen-bond donors (Lipinski definition) is 1. The summed E-state index contributed by atoms with van der Waals surface area (Å²) in [5.74, 6) is 1.01. The first-order valence-electron chi connectivity index (χ1n) is 11.3. The number of amides is 1. The Kier molecular flexibility index (Phi) is 5.77. The molecule has 3 fully saturated rings. The van der Waals surface area contributed by atoms with E-state index in [1.54, 1.807) is 12.1 Å². The molecule has 1 aromatic rings. The summed E-state index contributed by atoms with van der Waals surface area (Å²) in [6, 6.07) is 7.04. The van der Waals surface area contributed by atoms with Crippen LogP contribution in [0.1, 0.15) is 70.3 Å². The van der Waals surface area contributed by atoms with Crippen LogP contribution in [-0.2, 0) is 14.8 Å². The van der Waals surface area contributed by atoms with Crippen molar-refractivity contribution in [3.63, 3.8) is 0 Å². The van der Waals surface area contributed by atoms with Gasteiger partial charge in [-0.2, -0.15) is 0 Å². The summed E-state index contributed by atoms with van der Waals surface area (Å²) in [6.45, 7) is 5.03. The summed E-state index contributed by atoms with van der Waals surface area (Å²) >= 11 is 0. The fourth-order valence-electron chi connectivity index (χ4n) is 6.36. The largest absolute Gasteiger partial charge is 0.337 e. The highest BCUT2D eigenvalue weighted by atomic mass is 32.2. The minimum absolute atomic E-state index is 0.0286. The Morgan fingerprint density at radius 3 is 2.62 bits per heavy atom. The molecule has 2 heterocycles. The topological polar surface area (TPSA) is 66.5 Å². The molecule has 1 aliphatic carbocycles. The lowest BCUT2D eigenvalue weighted by Gasteiger charge is -2.53. The van der Waals surface area contributed by atoms with Gasteiger partial charge in [0.05, 0.1) is 4.90 Å². The second-order valence-electron chi connectivity index (χ2n) is 9.28. The van der Waals surface area contributed by atoms with Gasteiger partial charge in [-0.05, 0) is 75.8 Å². The third-order valence-corrected chi connectivity index (χ3v) is 9.11. The van der Waals surface area contributed by atoms with Crippen molar-refractivity contribution in [2.24, 2.45) is 11.8 Å². The highest BCUT2D eigenvalue weighted by Gasteiger charge is 2.56. The molecule has 6 heteroatoms. The number of sulfonamides is 1. The van der Waals surface area contributed by atoms with E-state index < -0.39 is 10.0 Å². The average Bonchev–Trinajstić information content (AvgIpc) is 3.05. The van der Waals surface area contributed by atoms with Gasteiger partial charge in [0.2, 0.25) is 15.9 Å². The van der Waals surface area contributed by atoms with Crippen molar-refractivity contribution in [1.29, 1.82) is 0 Å². The van der Waals surface area contributed by atoms with E-state index in [0.29, 0.717) is 29.1 Å². The lowest BCUT2D eigenvalue weighted by Crippen LogP contribution is -2.60. The molecular formula is C23H34N2O3S. The number of benzene rings is 1. The van der Waals surface area contributed by atoms with Crippen LogP contribution in [0, 0.1) is 18.8 Å². The Morgan fingerprint density at radius 1 is 1.14 bits per heavy atom. The first-order chi connectivity index (χ1) is 13.9. The minimum Gasteiger partial charge on any atom is -0.337 e. The predicted molar refractivity (Wildman–Crippen MR) is 114 cm³/mol.